The van der Waals surface area contributed by atoms with Crippen molar-refractivity contribution in [2.24, 2.45) is 0 Å². The molecule has 2 aromatic rings. The first-order valence-corrected chi connectivity index (χ1v) is 11.4. The highest BCUT2D eigenvalue weighted by atomic mass is 16.6. The van der Waals surface area contributed by atoms with Crippen LogP contribution in [0, 0.1) is 0 Å². The fraction of sp³-hybridized carbons (Fsp3) is 0.560. The van der Waals surface area contributed by atoms with E-state index in [4.69, 9.17) is 4.74 Å². The molecule has 3 rings (SSSR count). The maximum atomic E-state index is 11.5. The van der Waals surface area contributed by atoms with Gasteiger partial charge >= 0.3 is 12.1 Å². The summed E-state index contributed by atoms with van der Waals surface area (Å²) in [6, 6.07) is 11.9. The molecule has 178 valence electrons. The molecule has 0 saturated carbocycles. The molecular formula is C25H39N3O4. The molecule has 1 amide bonds. The third kappa shape index (κ3) is 12.8. The standard InChI is InChI=1S/C10H19NO2.C9H8N2.C6H12O2/c1-10(2,3)13-9(12)11-7-5-4-6-8-11;1-2-5-9(6-3-1)11-8-4-7-10-11;1-3-4-5-8-6(2)7/h4-8H2,1-3H3;1-8H;3-5H2,1-2H3. The highest BCUT2D eigenvalue weighted by Gasteiger charge is 2.22. The Labute approximate surface area is 192 Å². The van der Waals surface area contributed by atoms with Crippen LogP contribution in [0.15, 0.2) is 48.8 Å². The zero-order valence-electron chi connectivity index (χ0n) is 20.3. The molecule has 0 spiro atoms. The Morgan fingerprint density at radius 2 is 1.69 bits per heavy atom. The molecule has 1 aromatic heterocycles. The van der Waals surface area contributed by atoms with Crippen LogP contribution < -0.4 is 0 Å². The summed E-state index contributed by atoms with van der Waals surface area (Å²) in [5, 5.41) is 4.10. The number of unbranched alkanes of at least 4 members (excludes halogenated alkanes) is 1. The number of benzene rings is 1. The van der Waals surface area contributed by atoms with Gasteiger partial charge < -0.3 is 14.4 Å². The number of amides is 1. The van der Waals surface area contributed by atoms with Gasteiger partial charge in [-0.05, 0) is 64.7 Å². The van der Waals surface area contributed by atoms with E-state index in [0.29, 0.717) is 6.61 Å². The van der Waals surface area contributed by atoms with E-state index in [0.717, 1.165) is 44.5 Å². The van der Waals surface area contributed by atoms with Gasteiger partial charge in [0.2, 0.25) is 0 Å². The average Bonchev–Trinajstić information content (AvgIpc) is 3.30. The number of ether oxygens (including phenoxy) is 2. The van der Waals surface area contributed by atoms with Gasteiger partial charge in [-0.2, -0.15) is 5.10 Å². The predicted molar refractivity (Wildman–Crippen MR) is 127 cm³/mol. The summed E-state index contributed by atoms with van der Waals surface area (Å²) in [6.07, 6.45) is 9.04. The van der Waals surface area contributed by atoms with E-state index in [1.807, 2.05) is 68.0 Å². The van der Waals surface area contributed by atoms with Gasteiger partial charge in [0.05, 0.1) is 12.3 Å². The summed E-state index contributed by atoms with van der Waals surface area (Å²) in [6.45, 7) is 11.5. The largest absolute Gasteiger partial charge is 0.466 e. The number of hydrogen-bond acceptors (Lipinski definition) is 5. The number of aromatic nitrogens is 2. The number of carbonyl (C=O) groups is 2. The Hall–Kier alpha value is -2.83. The van der Waals surface area contributed by atoms with Crippen molar-refractivity contribution in [3.05, 3.63) is 48.8 Å². The van der Waals surface area contributed by atoms with E-state index >= 15 is 0 Å². The van der Waals surface area contributed by atoms with Crippen LogP contribution in [0.4, 0.5) is 4.79 Å². The van der Waals surface area contributed by atoms with Crippen molar-refractivity contribution < 1.29 is 19.1 Å². The number of piperidine rings is 1. The quantitative estimate of drug-likeness (QED) is 0.450. The number of para-hydroxylation sites is 1. The molecule has 7 heteroatoms. The second-order valence-corrected chi connectivity index (χ2v) is 8.51. The Morgan fingerprint density at radius 3 is 2.19 bits per heavy atom. The lowest BCUT2D eigenvalue weighted by molar-refractivity contribution is -0.141. The number of nitrogens with zero attached hydrogens (tertiary/aromatic N) is 3. The lowest BCUT2D eigenvalue weighted by Crippen LogP contribution is -2.39. The number of carbonyl (C=O) groups excluding carboxylic acids is 2. The van der Waals surface area contributed by atoms with Gasteiger partial charge in [-0.3, -0.25) is 4.79 Å². The number of rotatable bonds is 4. The van der Waals surface area contributed by atoms with E-state index in [2.05, 4.69) is 16.8 Å². The van der Waals surface area contributed by atoms with E-state index in [1.165, 1.54) is 13.3 Å². The van der Waals surface area contributed by atoms with Crippen LogP contribution in [-0.4, -0.2) is 52.0 Å². The molecule has 0 unspecified atom stereocenters. The Kier molecular flexibility index (Phi) is 12.8. The van der Waals surface area contributed by atoms with Crippen LogP contribution in [0.5, 0.6) is 0 Å². The van der Waals surface area contributed by atoms with Crippen LogP contribution >= 0.6 is 0 Å². The molecule has 1 aliphatic rings. The van der Waals surface area contributed by atoms with E-state index in [1.54, 1.807) is 11.1 Å². The van der Waals surface area contributed by atoms with Crippen molar-refractivity contribution in [3.8, 4) is 5.69 Å². The molecule has 1 aromatic carbocycles. The van der Waals surface area contributed by atoms with E-state index in [9.17, 15) is 9.59 Å². The molecular weight excluding hydrogens is 406 g/mol. The van der Waals surface area contributed by atoms with Crippen molar-refractivity contribution in [2.45, 2.75) is 72.3 Å². The van der Waals surface area contributed by atoms with Crippen LogP contribution in [0.2, 0.25) is 0 Å². The van der Waals surface area contributed by atoms with Crippen molar-refractivity contribution in [2.75, 3.05) is 19.7 Å². The monoisotopic (exact) mass is 445 g/mol. The van der Waals surface area contributed by atoms with Crippen molar-refractivity contribution >= 4 is 12.1 Å². The maximum Gasteiger partial charge on any atom is 0.410 e. The Morgan fingerprint density at radius 1 is 1.03 bits per heavy atom. The fourth-order valence-electron chi connectivity index (χ4n) is 2.77. The molecule has 1 aliphatic heterocycles. The van der Waals surface area contributed by atoms with Crippen molar-refractivity contribution in [1.82, 2.24) is 14.7 Å². The van der Waals surface area contributed by atoms with Gasteiger partial charge in [0.15, 0.2) is 0 Å². The van der Waals surface area contributed by atoms with Crippen LogP contribution in [0.1, 0.15) is 66.7 Å². The zero-order chi connectivity index (χ0) is 23.8. The molecule has 7 nitrogen and oxygen atoms in total. The van der Waals surface area contributed by atoms with Gasteiger partial charge in [0.1, 0.15) is 5.60 Å². The normalized spacial score (nSPS) is 13.1. The Bertz CT molecular complexity index is 749. The second kappa shape index (κ2) is 15.1. The molecule has 1 saturated heterocycles. The minimum absolute atomic E-state index is 0.160. The highest BCUT2D eigenvalue weighted by Crippen LogP contribution is 2.14. The van der Waals surface area contributed by atoms with Gasteiger partial charge in [-0.25, -0.2) is 9.48 Å². The van der Waals surface area contributed by atoms with Crippen molar-refractivity contribution in [3.63, 3.8) is 0 Å². The highest BCUT2D eigenvalue weighted by molar-refractivity contribution is 5.68. The molecule has 0 atom stereocenters. The minimum Gasteiger partial charge on any atom is -0.466 e. The molecule has 32 heavy (non-hydrogen) atoms. The van der Waals surface area contributed by atoms with Gasteiger partial charge in [-0.1, -0.05) is 31.5 Å². The van der Waals surface area contributed by atoms with E-state index in [-0.39, 0.29) is 17.7 Å². The predicted octanol–water partition coefficient (Wildman–Crippen LogP) is 5.63. The average molecular weight is 446 g/mol. The van der Waals surface area contributed by atoms with Gasteiger partial charge in [0, 0.05) is 32.4 Å². The summed E-state index contributed by atoms with van der Waals surface area (Å²) in [4.78, 5) is 23.4. The number of likely N-dealkylation sites (tertiary alicyclic amines) is 1. The fourth-order valence-corrected chi connectivity index (χ4v) is 2.77. The van der Waals surface area contributed by atoms with Gasteiger partial charge in [0.25, 0.3) is 0 Å². The topological polar surface area (TPSA) is 73.7 Å². The zero-order valence-corrected chi connectivity index (χ0v) is 20.3. The molecule has 0 radical (unpaired) electrons. The molecule has 0 bridgehead atoms. The summed E-state index contributed by atoms with van der Waals surface area (Å²) in [5.41, 5.74) is 0.728. The first kappa shape index (κ1) is 27.2. The van der Waals surface area contributed by atoms with Crippen LogP contribution in [-0.2, 0) is 14.3 Å². The van der Waals surface area contributed by atoms with Crippen molar-refractivity contribution in [1.29, 1.82) is 0 Å². The molecule has 0 N–H and O–H groups in total. The lowest BCUT2D eigenvalue weighted by atomic mass is 10.1. The minimum atomic E-state index is -0.367. The van der Waals surface area contributed by atoms with Gasteiger partial charge in [-0.15, -0.1) is 0 Å². The van der Waals surface area contributed by atoms with Crippen LogP contribution in [0.25, 0.3) is 5.69 Å². The van der Waals surface area contributed by atoms with E-state index < -0.39 is 0 Å². The molecule has 2 heterocycles. The number of esters is 1. The second-order valence-electron chi connectivity index (χ2n) is 8.51. The molecule has 0 aliphatic carbocycles. The first-order chi connectivity index (χ1) is 15.2. The third-order valence-electron chi connectivity index (χ3n) is 4.34. The summed E-state index contributed by atoms with van der Waals surface area (Å²) in [7, 11) is 0. The summed E-state index contributed by atoms with van der Waals surface area (Å²) < 4.78 is 11.7. The summed E-state index contributed by atoms with van der Waals surface area (Å²) in [5.74, 6) is -0.182. The maximum absolute atomic E-state index is 11.5. The lowest BCUT2D eigenvalue weighted by Gasteiger charge is -2.29. The van der Waals surface area contributed by atoms with Crippen LogP contribution in [0.3, 0.4) is 0 Å². The summed E-state index contributed by atoms with van der Waals surface area (Å²) >= 11 is 0. The SMILES string of the molecule is CC(C)(C)OC(=O)N1CCCCC1.CCCCOC(C)=O.c1ccc(-n2cccn2)cc1. The first-order valence-electron chi connectivity index (χ1n) is 11.4. The number of hydrogen-bond donors (Lipinski definition) is 0. The Balaban J connectivity index is 0.000000248. The molecule has 1 fully saturated rings. The third-order valence-corrected chi connectivity index (χ3v) is 4.34. The smallest absolute Gasteiger partial charge is 0.410 e.